The van der Waals surface area contributed by atoms with Gasteiger partial charge in [0.25, 0.3) is 0 Å². The third kappa shape index (κ3) is 8.32. The minimum Gasteiger partial charge on any atom is -0.381 e. The number of hydrogen-bond donors (Lipinski definition) is 0. The first-order chi connectivity index (χ1) is 9.36. The molecule has 0 aromatic heterocycles. The van der Waals surface area contributed by atoms with Crippen LogP contribution in [0, 0.1) is 4.91 Å². The van der Waals surface area contributed by atoms with Gasteiger partial charge >= 0.3 is 0 Å². The Hall–Kier alpha value is -0.480. The molecule has 0 N–H and O–H groups in total. The number of unbranched alkanes of at least 4 members (excludes halogenated alkanes) is 6. The lowest BCUT2D eigenvalue weighted by Gasteiger charge is -2.31. The molecule has 1 heterocycles. The molecule has 0 aliphatic carbocycles. The summed E-state index contributed by atoms with van der Waals surface area (Å²) in [4.78, 5) is 12.5. The van der Waals surface area contributed by atoms with Crippen LogP contribution in [-0.4, -0.2) is 44.3 Å². The highest BCUT2D eigenvalue weighted by Gasteiger charge is 2.17. The number of methoxy groups -OCH3 is 1. The predicted molar refractivity (Wildman–Crippen MR) is 79.5 cm³/mol. The average molecular weight is 270 g/mol. The second-order valence-electron chi connectivity index (χ2n) is 5.60. The molecule has 19 heavy (non-hydrogen) atoms. The van der Waals surface area contributed by atoms with Gasteiger partial charge in [-0.3, -0.25) is 0 Å². The van der Waals surface area contributed by atoms with Gasteiger partial charge in [-0.1, -0.05) is 37.3 Å². The third-order valence-electron chi connectivity index (χ3n) is 4.09. The summed E-state index contributed by atoms with van der Waals surface area (Å²) in [7, 11) is 1.82. The Kier molecular flexibility index (Phi) is 9.91. The summed E-state index contributed by atoms with van der Waals surface area (Å²) in [6.45, 7) is 4.16. The second-order valence-corrected chi connectivity index (χ2v) is 5.60. The first-order valence-corrected chi connectivity index (χ1v) is 7.91. The van der Waals surface area contributed by atoms with E-state index in [0.717, 1.165) is 12.8 Å². The summed E-state index contributed by atoms with van der Waals surface area (Å²) in [6.07, 6.45) is 11.6. The van der Waals surface area contributed by atoms with Crippen molar-refractivity contribution >= 4 is 0 Å². The minimum absolute atomic E-state index is 0.497. The minimum atomic E-state index is 0.497. The van der Waals surface area contributed by atoms with Crippen molar-refractivity contribution in [2.24, 2.45) is 5.18 Å². The van der Waals surface area contributed by atoms with Crippen molar-refractivity contribution in [1.29, 1.82) is 0 Å². The molecule has 0 saturated carbocycles. The van der Waals surface area contributed by atoms with E-state index in [9.17, 15) is 4.91 Å². The van der Waals surface area contributed by atoms with Gasteiger partial charge in [0.1, 0.15) is 0 Å². The molecule has 4 heteroatoms. The van der Waals surface area contributed by atoms with Gasteiger partial charge in [0.2, 0.25) is 0 Å². The lowest BCUT2D eigenvalue weighted by atomic mass is 10.1. The molecule has 1 saturated heterocycles. The number of piperidine rings is 1. The lowest BCUT2D eigenvalue weighted by molar-refractivity contribution is 0.0407. The van der Waals surface area contributed by atoms with Crippen LogP contribution in [0.15, 0.2) is 5.18 Å². The number of ether oxygens (including phenoxy) is 1. The molecule has 0 aromatic carbocycles. The van der Waals surface area contributed by atoms with Gasteiger partial charge in [0.05, 0.1) is 12.6 Å². The summed E-state index contributed by atoms with van der Waals surface area (Å²) < 4.78 is 5.38. The van der Waals surface area contributed by atoms with Crippen LogP contribution in [0.5, 0.6) is 0 Å². The average Bonchev–Trinajstić information content (AvgIpc) is 2.46. The smallest absolute Gasteiger partial charge is 0.0811 e. The Morgan fingerprint density at radius 3 is 2.16 bits per heavy atom. The zero-order chi connectivity index (χ0) is 13.8. The van der Waals surface area contributed by atoms with E-state index in [4.69, 9.17) is 4.74 Å². The fourth-order valence-corrected chi connectivity index (χ4v) is 2.76. The van der Waals surface area contributed by atoms with Gasteiger partial charge in [0.15, 0.2) is 0 Å². The van der Waals surface area contributed by atoms with Crippen LogP contribution < -0.4 is 0 Å². The van der Waals surface area contributed by atoms with E-state index in [1.54, 1.807) is 0 Å². The van der Waals surface area contributed by atoms with Crippen LogP contribution in [0.3, 0.4) is 0 Å². The van der Waals surface area contributed by atoms with Crippen LogP contribution in [0.2, 0.25) is 0 Å². The van der Waals surface area contributed by atoms with E-state index < -0.39 is 0 Å². The summed E-state index contributed by atoms with van der Waals surface area (Å²) >= 11 is 0. The first kappa shape index (κ1) is 16.6. The van der Waals surface area contributed by atoms with Gasteiger partial charge in [0, 0.05) is 20.2 Å². The van der Waals surface area contributed by atoms with Crippen LogP contribution in [0.25, 0.3) is 0 Å². The number of hydrogen-bond acceptors (Lipinski definition) is 4. The van der Waals surface area contributed by atoms with Crippen LogP contribution in [0.4, 0.5) is 0 Å². The third-order valence-corrected chi connectivity index (χ3v) is 4.09. The van der Waals surface area contributed by atoms with Gasteiger partial charge in [-0.2, -0.15) is 4.91 Å². The largest absolute Gasteiger partial charge is 0.381 e. The highest BCUT2D eigenvalue weighted by molar-refractivity contribution is 4.71. The lowest BCUT2D eigenvalue weighted by Crippen LogP contribution is -2.37. The zero-order valence-corrected chi connectivity index (χ0v) is 12.5. The van der Waals surface area contributed by atoms with Crippen molar-refractivity contribution in [3.63, 3.8) is 0 Å². The van der Waals surface area contributed by atoms with Crippen molar-refractivity contribution in [2.45, 2.75) is 63.9 Å². The van der Waals surface area contributed by atoms with Crippen molar-refractivity contribution in [3.05, 3.63) is 4.91 Å². The maximum atomic E-state index is 9.91. The molecule has 0 bridgehead atoms. The maximum Gasteiger partial charge on any atom is 0.0811 e. The molecule has 1 aliphatic heterocycles. The number of likely N-dealkylation sites (tertiary alicyclic amines) is 1. The molecule has 112 valence electrons. The van der Waals surface area contributed by atoms with E-state index in [2.05, 4.69) is 10.1 Å². The molecule has 0 atom stereocenters. The number of nitroso groups, excluding NO2 is 1. The highest BCUT2D eigenvalue weighted by atomic mass is 16.5. The van der Waals surface area contributed by atoms with E-state index in [1.807, 2.05) is 7.11 Å². The molecule has 0 amide bonds. The summed E-state index contributed by atoms with van der Waals surface area (Å²) in [5, 5.41) is 2.88. The summed E-state index contributed by atoms with van der Waals surface area (Å²) in [6, 6.07) is 0. The SMILES string of the molecule is COC1CCN(CCCCCCCCCN=O)CC1. The maximum absolute atomic E-state index is 9.91. The molecule has 4 nitrogen and oxygen atoms in total. The second kappa shape index (κ2) is 11.4. The highest BCUT2D eigenvalue weighted by Crippen LogP contribution is 2.14. The number of nitrogens with zero attached hydrogens (tertiary/aromatic N) is 2. The van der Waals surface area contributed by atoms with Crippen molar-refractivity contribution in [1.82, 2.24) is 4.90 Å². The normalized spacial score (nSPS) is 17.7. The Bertz CT molecular complexity index is 216. The molecule has 0 unspecified atom stereocenters. The molecule has 0 radical (unpaired) electrons. The Balaban J connectivity index is 1.82. The van der Waals surface area contributed by atoms with E-state index in [1.165, 1.54) is 64.6 Å². The molecule has 0 aromatic rings. The van der Waals surface area contributed by atoms with E-state index in [-0.39, 0.29) is 0 Å². The van der Waals surface area contributed by atoms with Gasteiger partial charge in [-0.05, 0) is 32.2 Å². The van der Waals surface area contributed by atoms with E-state index in [0.29, 0.717) is 12.6 Å². The Morgan fingerprint density at radius 2 is 1.58 bits per heavy atom. The fraction of sp³-hybridized carbons (Fsp3) is 1.00. The van der Waals surface area contributed by atoms with Gasteiger partial charge < -0.3 is 9.64 Å². The number of rotatable bonds is 11. The van der Waals surface area contributed by atoms with Gasteiger partial charge in [-0.15, -0.1) is 0 Å². The topological polar surface area (TPSA) is 41.9 Å². The van der Waals surface area contributed by atoms with Crippen molar-refractivity contribution in [2.75, 3.05) is 33.3 Å². The fourth-order valence-electron chi connectivity index (χ4n) is 2.76. The quantitative estimate of drug-likeness (QED) is 0.425. The van der Waals surface area contributed by atoms with Crippen molar-refractivity contribution in [3.8, 4) is 0 Å². The molecule has 1 fully saturated rings. The molecule has 0 spiro atoms. The van der Waals surface area contributed by atoms with Crippen LogP contribution in [0.1, 0.15) is 57.8 Å². The van der Waals surface area contributed by atoms with Crippen LogP contribution >= 0.6 is 0 Å². The summed E-state index contributed by atoms with van der Waals surface area (Å²) in [5.74, 6) is 0. The Morgan fingerprint density at radius 1 is 1.00 bits per heavy atom. The predicted octanol–water partition coefficient (Wildman–Crippen LogP) is 3.59. The molecule has 1 aliphatic rings. The van der Waals surface area contributed by atoms with Crippen LogP contribution in [-0.2, 0) is 4.74 Å². The Labute approximate surface area is 117 Å². The molecule has 1 rings (SSSR count). The monoisotopic (exact) mass is 270 g/mol. The standard InChI is InChI=1S/C15H30N2O2/c1-19-15-9-13-17(14-10-15)12-8-6-4-2-3-5-7-11-16-18/h15H,2-14H2,1H3. The molecular weight excluding hydrogens is 240 g/mol. The molecular formula is C15H30N2O2. The summed E-state index contributed by atoms with van der Waals surface area (Å²) in [5.41, 5.74) is 0. The van der Waals surface area contributed by atoms with Gasteiger partial charge in [-0.25, -0.2) is 0 Å². The zero-order valence-electron chi connectivity index (χ0n) is 12.5. The van der Waals surface area contributed by atoms with E-state index >= 15 is 0 Å². The van der Waals surface area contributed by atoms with Crippen molar-refractivity contribution < 1.29 is 4.74 Å². The first-order valence-electron chi connectivity index (χ1n) is 7.91.